The lowest BCUT2D eigenvalue weighted by Gasteiger charge is -2.21. The van der Waals surface area contributed by atoms with Crippen LogP contribution in [0.15, 0.2) is 42.6 Å². The van der Waals surface area contributed by atoms with Crippen LogP contribution in [0.4, 0.5) is 11.5 Å². The molecule has 4 rings (SSSR count). The van der Waals surface area contributed by atoms with Gasteiger partial charge in [0.25, 0.3) is 0 Å². The lowest BCUT2D eigenvalue weighted by atomic mass is 9.87. The van der Waals surface area contributed by atoms with Crippen LogP contribution in [0.25, 0.3) is 5.65 Å². The molecule has 0 unspecified atom stereocenters. The molecule has 3 aromatic rings. The van der Waals surface area contributed by atoms with Crippen molar-refractivity contribution in [3.05, 3.63) is 53.3 Å². The molecule has 25 heavy (non-hydrogen) atoms. The minimum Gasteiger partial charge on any atom is -0.495 e. The SMILES string of the molecule is COc1ccc(Nc2c(C3CCCCC3)nc3ccccn23)cc1Cl. The zero-order chi connectivity index (χ0) is 17.2. The maximum Gasteiger partial charge on any atom is 0.138 e. The number of benzene rings is 1. The lowest BCUT2D eigenvalue weighted by molar-refractivity contribution is 0.415. The smallest absolute Gasteiger partial charge is 0.138 e. The summed E-state index contributed by atoms with van der Waals surface area (Å²) in [6, 6.07) is 11.9. The third kappa shape index (κ3) is 3.19. The summed E-state index contributed by atoms with van der Waals surface area (Å²) < 4.78 is 7.37. The van der Waals surface area contributed by atoms with Crippen LogP contribution in [0.2, 0.25) is 5.02 Å². The normalized spacial score (nSPS) is 15.4. The second-order valence-corrected chi connectivity index (χ2v) is 6.99. The first kappa shape index (κ1) is 16.3. The van der Waals surface area contributed by atoms with Crippen LogP contribution in [0.3, 0.4) is 0 Å². The van der Waals surface area contributed by atoms with E-state index in [1.165, 1.54) is 32.1 Å². The number of nitrogens with one attached hydrogen (secondary N) is 1. The van der Waals surface area contributed by atoms with Crippen LogP contribution in [0, 0.1) is 0 Å². The Balaban J connectivity index is 1.75. The van der Waals surface area contributed by atoms with Crippen molar-refractivity contribution in [3.63, 3.8) is 0 Å². The lowest BCUT2D eigenvalue weighted by Crippen LogP contribution is -2.08. The van der Waals surface area contributed by atoms with Crippen molar-refractivity contribution in [2.75, 3.05) is 12.4 Å². The number of nitrogens with zero attached hydrogens (tertiary/aromatic N) is 2. The second kappa shape index (κ2) is 6.96. The fourth-order valence-corrected chi connectivity index (χ4v) is 3.94. The fraction of sp³-hybridized carbons (Fsp3) is 0.350. The molecule has 0 bridgehead atoms. The van der Waals surface area contributed by atoms with Crippen molar-refractivity contribution in [2.24, 2.45) is 0 Å². The number of ether oxygens (including phenoxy) is 1. The van der Waals surface area contributed by atoms with Gasteiger partial charge in [0.1, 0.15) is 17.2 Å². The average Bonchev–Trinajstić information content (AvgIpc) is 3.01. The summed E-state index contributed by atoms with van der Waals surface area (Å²) in [7, 11) is 1.62. The van der Waals surface area contributed by atoms with Crippen LogP contribution in [0.1, 0.15) is 43.7 Å². The van der Waals surface area contributed by atoms with Crippen molar-refractivity contribution in [2.45, 2.75) is 38.0 Å². The zero-order valence-electron chi connectivity index (χ0n) is 14.3. The van der Waals surface area contributed by atoms with Crippen LogP contribution >= 0.6 is 11.6 Å². The molecule has 1 saturated carbocycles. The molecular formula is C20H22ClN3O. The van der Waals surface area contributed by atoms with Gasteiger partial charge in [-0.25, -0.2) is 4.98 Å². The third-order valence-corrected chi connectivity index (χ3v) is 5.26. The predicted octanol–water partition coefficient (Wildman–Crippen LogP) is 5.79. The molecular weight excluding hydrogens is 334 g/mol. The summed E-state index contributed by atoms with van der Waals surface area (Å²) in [5, 5.41) is 4.14. The van der Waals surface area contributed by atoms with Gasteiger partial charge in [0.2, 0.25) is 0 Å². The average molecular weight is 356 g/mol. The molecule has 0 radical (unpaired) electrons. The molecule has 2 heterocycles. The number of anilines is 2. The van der Waals surface area contributed by atoms with E-state index in [1.54, 1.807) is 7.11 Å². The van der Waals surface area contributed by atoms with Crippen molar-refractivity contribution in [1.29, 1.82) is 0 Å². The molecule has 4 nitrogen and oxygen atoms in total. The van der Waals surface area contributed by atoms with Crippen LogP contribution in [-0.2, 0) is 0 Å². The summed E-state index contributed by atoms with van der Waals surface area (Å²) >= 11 is 6.29. The summed E-state index contributed by atoms with van der Waals surface area (Å²) in [4.78, 5) is 4.93. The third-order valence-electron chi connectivity index (χ3n) is 4.96. The number of halogens is 1. The summed E-state index contributed by atoms with van der Waals surface area (Å²) in [5.74, 6) is 2.24. The summed E-state index contributed by atoms with van der Waals surface area (Å²) in [6.07, 6.45) is 8.38. The highest BCUT2D eigenvalue weighted by atomic mass is 35.5. The standard InChI is InChI=1S/C20H22ClN3O/c1-25-17-11-10-15(13-16(17)21)22-20-19(14-7-3-2-4-8-14)23-18-9-5-6-12-24(18)20/h5-6,9-14,22H,2-4,7-8H2,1H3. The molecule has 1 N–H and O–H groups in total. The van der Waals surface area contributed by atoms with Crippen LogP contribution in [0.5, 0.6) is 5.75 Å². The van der Waals surface area contributed by atoms with E-state index in [-0.39, 0.29) is 0 Å². The Hall–Kier alpha value is -2.20. The maximum absolute atomic E-state index is 6.29. The van der Waals surface area contributed by atoms with Gasteiger partial charge in [-0.1, -0.05) is 36.9 Å². The van der Waals surface area contributed by atoms with Crippen molar-refractivity contribution < 1.29 is 4.74 Å². The van der Waals surface area contributed by atoms with Gasteiger partial charge >= 0.3 is 0 Å². The minimum absolute atomic E-state index is 0.518. The van der Waals surface area contributed by atoms with E-state index in [1.807, 2.05) is 30.3 Å². The quantitative estimate of drug-likeness (QED) is 0.644. The van der Waals surface area contributed by atoms with E-state index >= 15 is 0 Å². The highest BCUT2D eigenvalue weighted by Crippen LogP contribution is 2.38. The second-order valence-electron chi connectivity index (χ2n) is 6.58. The first-order valence-corrected chi connectivity index (χ1v) is 9.21. The molecule has 0 saturated heterocycles. The van der Waals surface area contributed by atoms with Gasteiger partial charge in [-0.05, 0) is 43.2 Å². The van der Waals surface area contributed by atoms with Gasteiger partial charge in [-0.3, -0.25) is 4.40 Å². The van der Waals surface area contributed by atoms with Gasteiger partial charge < -0.3 is 10.1 Å². The van der Waals surface area contributed by atoms with E-state index in [2.05, 4.69) is 22.0 Å². The van der Waals surface area contributed by atoms with E-state index in [4.69, 9.17) is 21.3 Å². The van der Waals surface area contributed by atoms with Crippen LogP contribution in [-0.4, -0.2) is 16.5 Å². The Morgan fingerprint density at radius 2 is 2.00 bits per heavy atom. The van der Waals surface area contributed by atoms with Gasteiger partial charge in [0.15, 0.2) is 0 Å². The Kier molecular flexibility index (Phi) is 4.53. The van der Waals surface area contributed by atoms with Gasteiger partial charge in [0.05, 0.1) is 17.8 Å². The number of hydrogen-bond donors (Lipinski definition) is 1. The zero-order valence-corrected chi connectivity index (χ0v) is 15.1. The molecule has 2 aromatic heterocycles. The maximum atomic E-state index is 6.29. The van der Waals surface area contributed by atoms with Gasteiger partial charge in [-0.15, -0.1) is 0 Å². The molecule has 1 aliphatic carbocycles. The largest absolute Gasteiger partial charge is 0.495 e. The Morgan fingerprint density at radius 3 is 2.76 bits per heavy atom. The molecule has 0 aliphatic heterocycles. The number of pyridine rings is 1. The Morgan fingerprint density at radius 1 is 1.16 bits per heavy atom. The molecule has 0 amide bonds. The predicted molar refractivity (Wildman–Crippen MR) is 102 cm³/mol. The highest BCUT2D eigenvalue weighted by Gasteiger charge is 2.23. The highest BCUT2D eigenvalue weighted by molar-refractivity contribution is 6.32. The molecule has 130 valence electrons. The molecule has 1 aliphatic rings. The van der Waals surface area contributed by atoms with Crippen LogP contribution < -0.4 is 10.1 Å². The van der Waals surface area contributed by atoms with Crippen molar-refractivity contribution >= 4 is 28.8 Å². The molecule has 1 fully saturated rings. The number of aromatic nitrogens is 2. The number of hydrogen-bond acceptors (Lipinski definition) is 3. The van der Waals surface area contributed by atoms with Gasteiger partial charge in [0, 0.05) is 17.8 Å². The van der Waals surface area contributed by atoms with E-state index < -0.39 is 0 Å². The number of methoxy groups -OCH3 is 1. The first-order chi connectivity index (χ1) is 12.3. The van der Waals surface area contributed by atoms with Gasteiger partial charge in [-0.2, -0.15) is 0 Å². The van der Waals surface area contributed by atoms with E-state index in [0.29, 0.717) is 16.7 Å². The summed E-state index contributed by atoms with van der Waals surface area (Å²) in [6.45, 7) is 0. The summed E-state index contributed by atoms with van der Waals surface area (Å²) in [5.41, 5.74) is 3.08. The van der Waals surface area contributed by atoms with Crippen molar-refractivity contribution in [3.8, 4) is 5.75 Å². The Labute approximate surface area is 152 Å². The molecule has 0 atom stereocenters. The monoisotopic (exact) mass is 355 g/mol. The van der Waals surface area contributed by atoms with Crippen molar-refractivity contribution in [1.82, 2.24) is 9.38 Å². The Bertz CT molecular complexity index is 884. The number of fused-ring (bicyclic) bond motifs is 1. The number of rotatable bonds is 4. The topological polar surface area (TPSA) is 38.6 Å². The fourth-order valence-electron chi connectivity index (χ4n) is 3.68. The molecule has 5 heteroatoms. The van der Waals surface area contributed by atoms with E-state index in [9.17, 15) is 0 Å². The first-order valence-electron chi connectivity index (χ1n) is 8.84. The molecule has 0 spiro atoms. The van der Waals surface area contributed by atoms with E-state index in [0.717, 1.165) is 22.8 Å². The minimum atomic E-state index is 0.518. The number of imidazole rings is 1. The molecule has 1 aromatic carbocycles.